The van der Waals surface area contributed by atoms with Crippen molar-refractivity contribution in [3.63, 3.8) is 0 Å². The molecule has 18 heavy (non-hydrogen) atoms. The highest BCUT2D eigenvalue weighted by Crippen LogP contribution is 2.30. The second kappa shape index (κ2) is 7.16. The lowest BCUT2D eigenvalue weighted by Crippen LogP contribution is -2.34. The Balaban J connectivity index is 2.62. The van der Waals surface area contributed by atoms with Crippen molar-refractivity contribution in [3.05, 3.63) is 0 Å². The van der Waals surface area contributed by atoms with Gasteiger partial charge in [-0.2, -0.15) is 0 Å². The van der Waals surface area contributed by atoms with E-state index in [0.717, 1.165) is 19.3 Å². The maximum absolute atomic E-state index is 12.2. The average molecular weight is 254 g/mol. The molecule has 1 aliphatic carbocycles. The minimum atomic E-state index is -0.333. The Morgan fingerprint density at radius 3 is 2.28 bits per heavy atom. The summed E-state index contributed by atoms with van der Waals surface area (Å²) in [5.74, 6) is 0.566. The lowest BCUT2D eigenvalue weighted by atomic mass is 9.86. The van der Waals surface area contributed by atoms with Gasteiger partial charge in [0.05, 0.1) is 5.41 Å². The van der Waals surface area contributed by atoms with Gasteiger partial charge in [-0.15, -0.1) is 0 Å². The summed E-state index contributed by atoms with van der Waals surface area (Å²) in [7, 11) is 0. The summed E-state index contributed by atoms with van der Waals surface area (Å²) in [6.45, 7) is 8.24. The average Bonchev–Trinajstić information content (AvgIpc) is 2.32. The zero-order chi connectivity index (χ0) is 13.6. The van der Waals surface area contributed by atoms with E-state index in [-0.39, 0.29) is 17.5 Å². The zero-order valence-electron chi connectivity index (χ0n) is 12.6. The van der Waals surface area contributed by atoms with E-state index in [4.69, 9.17) is 4.74 Å². The van der Waals surface area contributed by atoms with Gasteiger partial charge in [0.2, 0.25) is 0 Å². The molecule has 0 amide bonds. The number of carbonyl (C=O) groups excluding carboxylic acids is 1. The molecule has 106 valence electrons. The van der Waals surface area contributed by atoms with Crippen LogP contribution < -0.4 is 0 Å². The molecule has 0 aromatic carbocycles. The summed E-state index contributed by atoms with van der Waals surface area (Å²) >= 11 is 0. The van der Waals surface area contributed by atoms with Gasteiger partial charge in [0.15, 0.2) is 0 Å². The molecule has 2 nitrogen and oxygen atoms in total. The fraction of sp³-hybridized carbons (Fsp3) is 0.938. The number of hydrogen-bond donors (Lipinski definition) is 0. The Morgan fingerprint density at radius 2 is 1.72 bits per heavy atom. The maximum Gasteiger partial charge on any atom is 0.311 e. The van der Waals surface area contributed by atoms with Gasteiger partial charge in [-0.05, 0) is 51.9 Å². The van der Waals surface area contributed by atoms with Crippen molar-refractivity contribution in [2.24, 2.45) is 11.3 Å². The highest BCUT2D eigenvalue weighted by molar-refractivity contribution is 5.76. The molecule has 0 N–H and O–H groups in total. The van der Waals surface area contributed by atoms with Crippen molar-refractivity contribution < 1.29 is 9.53 Å². The molecule has 0 aromatic rings. The largest absolute Gasteiger partial charge is 0.462 e. The van der Waals surface area contributed by atoms with Gasteiger partial charge in [-0.1, -0.05) is 33.1 Å². The van der Waals surface area contributed by atoms with Crippen LogP contribution in [-0.4, -0.2) is 12.1 Å². The minimum Gasteiger partial charge on any atom is -0.462 e. The van der Waals surface area contributed by atoms with Crippen LogP contribution in [0.25, 0.3) is 0 Å². The van der Waals surface area contributed by atoms with Crippen molar-refractivity contribution in [2.45, 2.75) is 85.2 Å². The number of hydrogen-bond acceptors (Lipinski definition) is 2. The van der Waals surface area contributed by atoms with E-state index in [9.17, 15) is 4.79 Å². The van der Waals surface area contributed by atoms with Gasteiger partial charge in [-0.25, -0.2) is 0 Å². The molecular formula is C16H30O2. The molecule has 2 heteroatoms. The summed E-state index contributed by atoms with van der Waals surface area (Å²) in [5.41, 5.74) is -0.333. The molecule has 0 aromatic heterocycles. The Hall–Kier alpha value is -0.530. The molecule has 1 rings (SSSR count). The SMILES string of the molecule is CCC1CCCCCCC1OC(=O)C(C)(C)CC. The van der Waals surface area contributed by atoms with Crippen molar-refractivity contribution in [1.82, 2.24) is 0 Å². The van der Waals surface area contributed by atoms with Gasteiger partial charge in [0.25, 0.3) is 0 Å². The van der Waals surface area contributed by atoms with Gasteiger partial charge >= 0.3 is 5.97 Å². The van der Waals surface area contributed by atoms with Gasteiger partial charge in [-0.3, -0.25) is 4.79 Å². The molecule has 2 unspecified atom stereocenters. The molecule has 0 bridgehead atoms. The first-order valence-electron chi connectivity index (χ1n) is 7.72. The Bertz CT molecular complexity index is 258. The summed E-state index contributed by atoms with van der Waals surface area (Å²) in [6.07, 6.45) is 9.56. The van der Waals surface area contributed by atoms with Crippen molar-refractivity contribution in [3.8, 4) is 0 Å². The first-order chi connectivity index (χ1) is 8.51. The van der Waals surface area contributed by atoms with Crippen LogP contribution in [0.2, 0.25) is 0 Å². The second-order valence-corrected chi connectivity index (χ2v) is 6.34. The van der Waals surface area contributed by atoms with Crippen molar-refractivity contribution in [2.75, 3.05) is 0 Å². The third kappa shape index (κ3) is 4.29. The van der Waals surface area contributed by atoms with E-state index >= 15 is 0 Å². The molecule has 0 heterocycles. The predicted molar refractivity (Wildman–Crippen MR) is 75.4 cm³/mol. The fourth-order valence-corrected chi connectivity index (χ4v) is 2.59. The third-order valence-corrected chi connectivity index (χ3v) is 4.56. The number of rotatable bonds is 4. The first kappa shape index (κ1) is 15.5. The van der Waals surface area contributed by atoms with Crippen LogP contribution in [0.15, 0.2) is 0 Å². The molecule has 0 radical (unpaired) electrons. The summed E-state index contributed by atoms with van der Waals surface area (Å²) in [4.78, 5) is 12.2. The smallest absolute Gasteiger partial charge is 0.311 e. The molecule has 0 saturated heterocycles. The molecule has 1 aliphatic rings. The summed E-state index contributed by atoms with van der Waals surface area (Å²) in [5, 5.41) is 0. The topological polar surface area (TPSA) is 26.3 Å². The van der Waals surface area contributed by atoms with Crippen molar-refractivity contribution >= 4 is 5.97 Å². The molecule has 2 atom stereocenters. The van der Waals surface area contributed by atoms with E-state index in [1.165, 1.54) is 32.1 Å². The molecular weight excluding hydrogens is 224 g/mol. The van der Waals surface area contributed by atoms with Crippen LogP contribution in [0.1, 0.15) is 79.1 Å². The van der Waals surface area contributed by atoms with Crippen LogP contribution in [0, 0.1) is 11.3 Å². The van der Waals surface area contributed by atoms with Crippen LogP contribution in [0.4, 0.5) is 0 Å². The molecule has 1 saturated carbocycles. The minimum absolute atomic E-state index is 0.00553. The monoisotopic (exact) mass is 254 g/mol. The Kier molecular flexibility index (Phi) is 6.17. The molecule has 0 aliphatic heterocycles. The van der Waals surface area contributed by atoms with Crippen LogP contribution in [0.5, 0.6) is 0 Å². The number of ether oxygens (including phenoxy) is 1. The van der Waals surface area contributed by atoms with Crippen LogP contribution >= 0.6 is 0 Å². The van der Waals surface area contributed by atoms with Gasteiger partial charge in [0, 0.05) is 0 Å². The van der Waals surface area contributed by atoms with Gasteiger partial charge in [0.1, 0.15) is 6.10 Å². The quantitative estimate of drug-likeness (QED) is 0.679. The highest BCUT2D eigenvalue weighted by atomic mass is 16.5. The highest BCUT2D eigenvalue weighted by Gasteiger charge is 2.32. The van der Waals surface area contributed by atoms with Gasteiger partial charge < -0.3 is 4.74 Å². The van der Waals surface area contributed by atoms with E-state index in [2.05, 4.69) is 13.8 Å². The number of esters is 1. The standard InChI is InChI=1S/C16H30O2/c1-5-13-11-9-7-8-10-12-14(13)18-15(17)16(3,4)6-2/h13-14H,5-12H2,1-4H3. The maximum atomic E-state index is 12.2. The first-order valence-corrected chi connectivity index (χ1v) is 7.72. The Labute approximate surface area is 112 Å². The van der Waals surface area contributed by atoms with E-state index < -0.39 is 0 Å². The zero-order valence-corrected chi connectivity index (χ0v) is 12.6. The predicted octanol–water partition coefficient (Wildman–Crippen LogP) is 4.71. The lowest BCUT2D eigenvalue weighted by molar-refractivity contribution is -0.163. The van der Waals surface area contributed by atoms with Crippen LogP contribution in [0.3, 0.4) is 0 Å². The third-order valence-electron chi connectivity index (χ3n) is 4.56. The van der Waals surface area contributed by atoms with Crippen LogP contribution in [-0.2, 0) is 9.53 Å². The van der Waals surface area contributed by atoms with E-state index in [0.29, 0.717) is 5.92 Å². The fourth-order valence-electron chi connectivity index (χ4n) is 2.59. The summed E-state index contributed by atoms with van der Waals surface area (Å²) < 4.78 is 5.85. The molecule has 0 spiro atoms. The molecule has 1 fully saturated rings. The van der Waals surface area contributed by atoms with E-state index in [1.54, 1.807) is 0 Å². The van der Waals surface area contributed by atoms with E-state index in [1.807, 2.05) is 13.8 Å². The number of carbonyl (C=O) groups is 1. The van der Waals surface area contributed by atoms with Crippen molar-refractivity contribution in [1.29, 1.82) is 0 Å². The second-order valence-electron chi connectivity index (χ2n) is 6.34. The Morgan fingerprint density at radius 1 is 1.11 bits per heavy atom. The lowest BCUT2D eigenvalue weighted by Gasteiger charge is -2.31. The normalized spacial score (nSPS) is 26.2. The summed E-state index contributed by atoms with van der Waals surface area (Å²) in [6, 6.07) is 0.